The molecule has 0 spiro atoms. The van der Waals surface area contributed by atoms with Crippen molar-refractivity contribution in [2.45, 2.75) is 20.3 Å². The highest BCUT2D eigenvalue weighted by atomic mass is 32.1. The van der Waals surface area contributed by atoms with Gasteiger partial charge >= 0.3 is 5.97 Å². The van der Waals surface area contributed by atoms with Crippen molar-refractivity contribution in [3.63, 3.8) is 0 Å². The molecule has 5 nitrogen and oxygen atoms in total. The fraction of sp³-hybridized carbons (Fsp3) is 0.238. The van der Waals surface area contributed by atoms with Crippen LogP contribution in [0.5, 0.6) is 11.5 Å². The molecule has 28 heavy (non-hydrogen) atoms. The summed E-state index contributed by atoms with van der Waals surface area (Å²) >= 11 is 3.12. The van der Waals surface area contributed by atoms with Crippen LogP contribution < -0.4 is 9.47 Å². The zero-order valence-corrected chi connectivity index (χ0v) is 17.2. The van der Waals surface area contributed by atoms with Crippen molar-refractivity contribution in [3.8, 4) is 11.5 Å². The van der Waals surface area contributed by atoms with Crippen LogP contribution >= 0.6 is 22.7 Å². The standard InChI is InChI=1S/C21H19NO4S2/c1-3-24-21(23)19-16(9-14-6-7-17-18(10-14)26-12-25-17)13(2)28-20(19)22-11-15-5-4-8-27-15/h4-8,10-11H,3,9,12H2,1-2H3. The third-order valence-electron chi connectivity index (χ3n) is 4.34. The Labute approximate surface area is 171 Å². The number of carbonyl (C=O) groups is 1. The number of hydrogen-bond acceptors (Lipinski definition) is 7. The first kappa shape index (κ1) is 18.7. The number of rotatable bonds is 6. The maximum Gasteiger partial charge on any atom is 0.341 e. The Balaban J connectivity index is 1.70. The topological polar surface area (TPSA) is 57.1 Å². The first-order chi connectivity index (χ1) is 13.7. The van der Waals surface area contributed by atoms with Crippen molar-refractivity contribution in [2.24, 2.45) is 4.99 Å². The first-order valence-corrected chi connectivity index (χ1v) is 10.6. The minimum absolute atomic E-state index is 0.242. The van der Waals surface area contributed by atoms with E-state index >= 15 is 0 Å². The van der Waals surface area contributed by atoms with Crippen LogP contribution in [-0.2, 0) is 11.2 Å². The average Bonchev–Trinajstić information content (AvgIpc) is 3.41. The van der Waals surface area contributed by atoms with Gasteiger partial charge in [0.05, 0.1) is 6.61 Å². The summed E-state index contributed by atoms with van der Waals surface area (Å²) in [5.74, 6) is 1.15. The highest BCUT2D eigenvalue weighted by Gasteiger charge is 2.24. The summed E-state index contributed by atoms with van der Waals surface area (Å²) in [7, 11) is 0. The molecule has 1 aliphatic rings. The molecular formula is C21H19NO4S2. The van der Waals surface area contributed by atoms with Crippen LogP contribution in [0.2, 0.25) is 0 Å². The summed E-state index contributed by atoms with van der Waals surface area (Å²) < 4.78 is 16.2. The number of carbonyl (C=O) groups excluding carboxylic acids is 1. The van der Waals surface area contributed by atoms with E-state index in [1.165, 1.54) is 11.3 Å². The third kappa shape index (κ3) is 3.81. The summed E-state index contributed by atoms with van der Waals surface area (Å²) in [6.45, 7) is 4.39. The lowest BCUT2D eigenvalue weighted by atomic mass is 10.0. The van der Waals surface area contributed by atoms with E-state index in [9.17, 15) is 4.79 Å². The SMILES string of the molecule is CCOC(=O)c1c(N=Cc2cccs2)sc(C)c1Cc1ccc2c(c1)OCO2. The first-order valence-electron chi connectivity index (χ1n) is 8.91. The summed E-state index contributed by atoms with van der Waals surface area (Å²) in [6, 6.07) is 9.82. The van der Waals surface area contributed by atoms with Crippen LogP contribution in [0, 0.1) is 6.92 Å². The Morgan fingerprint density at radius 2 is 2.14 bits per heavy atom. The third-order valence-corrected chi connectivity index (χ3v) is 6.20. The molecule has 0 amide bonds. The molecule has 0 fully saturated rings. The Morgan fingerprint density at radius 1 is 1.29 bits per heavy atom. The second-order valence-electron chi connectivity index (χ2n) is 6.18. The highest BCUT2D eigenvalue weighted by molar-refractivity contribution is 7.16. The molecule has 0 saturated heterocycles. The summed E-state index contributed by atoms with van der Waals surface area (Å²) in [4.78, 5) is 19.4. The lowest BCUT2D eigenvalue weighted by molar-refractivity contribution is 0.0527. The van der Waals surface area contributed by atoms with Gasteiger partial charge in [-0.3, -0.25) is 0 Å². The number of hydrogen-bond donors (Lipinski definition) is 0. The van der Waals surface area contributed by atoms with Crippen LogP contribution in [0.3, 0.4) is 0 Å². The van der Waals surface area contributed by atoms with Crippen molar-refractivity contribution in [1.29, 1.82) is 0 Å². The van der Waals surface area contributed by atoms with Crippen molar-refractivity contribution >= 4 is 39.9 Å². The molecule has 1 aliphatic heterocycles. The average molecular weight is 414 g/mol. The van der Waals surface area contributed by atoms with Crippen LogP contribution in [-0.4, -0.2) is 25.6 Å². The molecule has 7 heteroatoms. The van der Waals surface area contributed by atoms with Gasteiger partial charge in [0.25, 0.3) is 0 Å². The maximum atomic E-state index is 12.7. The number of aryl methyl sites for hydroxylation is 1. The van der Waals surface area contributed by atoms with E-state index in [1.54, 1.807) is 17.6 Å². The summed E-state index contributed by atoms with van der Waals surface area (Å²) in [5.41, 5.74) is 2.54. The largest absolute Gasteiger partial charge is 0.462 e. The quantitative estimate of drug-likeness (QED) is 0.403. The Hall–Kier alpha value is -2.64. The van der Waals surface area contributed by atoms with Crippen molar-refractivity contribution in [2.75, 3.05) is 13.4 Å². The van der Waals surface area contributed by atoms with Crippen LogP contribution in [0.15, 0.2) is 40.7 Å². The molecule has 0 atom stereocenters. The highest BCUT2D eigenvalue weighted by Crippen LogP contribution is 2.39. The van der Waals surface area contributed by atoms with E-state index in [-0.39, 0.29) is 12.8 Å². The normalized spacial score (nSPS) is 12.6. The monoisotopic (exact) mass is 413 g/mol. The number of benzene rings is 1. The van der Waals surface area contributed by atoms with E-state index in [2.05, 4.69) is 4.99 Å². The van der Waals surface area contributed by atoms with Crippen molar-refractivity contribution in [1.82, 2.24) is 0 Å². The van der Waals surface area contributed by atoms with E-state index < -0.39 is 0 Å². The number of ether oxygens (including phenoxy) is 3. The Bertz CT molecular complexity index is 1020. The zero-order chi connectivity index (χ0) is 19.5. The number of thiophene rings is 2. The van der Waals surface area contributed by atoms with Gasteiger partial charge in [0.1, 0.15) is 10.6 Å². The molecule has 2 aromatic heterocycles. The predicted molar refractivity (Wildman–Crippen MR) is 112 cm³/mol. The van der Waals surface area contributed by atoms with Gasteiger partial charge in [0.2, 0.25) is 6.79 Å². The molecule has 0 radical (unpaired) electrons. The van der Waals surface area contributed by atoms with Gasteiger partial charge in [0.15, 0.2) is 11.5 Å². The second kappa shape index (κ2) is 8.16. The number of esters is 1. The van der Waals surface area contributed by atoms with Gasteiger partial charge in [-0.05, 0) is 55.0 Å². The van der Waals surface area contributed by atoms with Crippen molar-refractivity contribution < 1.29 is 19.0 Å². The number of aliphatic imine (C=N–C) groups is 1. The van der Waals surface area contributed by atoms with Crippen LogP contribution in [0.25, 0.3) is 0 Å². The lowest BCUT2D eigenvalue weighted by Gasteiger charge is -2.07. The molecule has 144 valence electrons. The van der Waals surface area contributed by atoms with E-state index in [0.717, 1.165) is 32.4 Å². The molecule has 4 rings (SSSR count). The molecule has 3 aromatic rings. The molecule has 1 aromatic carbocycles. The minimum Gasteiger partial charge on any atom is -0.462 e. The van der Waals surface area contributed by atoms with Gasteiger partial charge < -0.3 is 14.2 Å². The molecule has 0 aliphatic carbocycles. The van der Waals surface area contributed by atoms with Crippen molar-refractivity contribution in [3.05, 3.63) is 62.2 Å². The van der Waals surface area contributed by atoms with E-state index in [4.69, 9.17) is 14.2 Å². The minimum atomic E-state index is -0.332. The number of fused-ring (bicyclic) bond motifs is 1. The fourth-order valence-corrected chi connectivity index (χ4v) is 4.61. The predicted octanol–water partition coefficient (Wildman–Crippen LogP) is 5.36. The Kier molecular flexibility index (Phi) is 5.45. The molecule has 0 bridgehead atoms. The van der Waals surface area contributed by atoms with E-state index in [0.29, 0.717) is 23.6 Å². The smallest absolute Gasteiger partial charge is 0.341 e. The molecule has 0 saturated carbocycles. The zero-order valence-electron chi connectivity index (χ0n) is 15.6. The van der Waals surface area contributed by atoms with Gasteiger partial charge in [-0.2, -0.15) is 0 Å². The molecule has 3 heterocycles. The number of nitrogens with zero attached hydrogens (tertiary/aromatic N) is 1. The fourth-order valence-electron chi connectivity index (χ4n) is 3.02. The summed E-state index contributed by atoms with van der Waals surface area (Å²) in [5, 5.41) is 2.68. The van der Waals surface area contributed by atoms with Gasteiger partial charge in [-0.25, -0.2) is 9.79 Å². The second-order valence-corrected chi connectivity index (χ2v) is 8.36. The molecule has 0 unspecified atom stereocenters. The van der Waals surface area contributed by atoms with Crippen LogP contribution in [0.4, 0.5) is 5.00 Å². The van der Waals surface area contributed by atoms with Gasteiger partial charge in [-0.1, -0.05) is 12.1 Å². The molecular weight excluding hydrogens is 394 g/mol. The Morgan fingerprint density at radius 3 is 2.93 bits per heavy atom. The molecule has 0 N–H and O–H groups in total. The van der Waals surface area contributed by atoms with Gasteiger partial charge in [-0.15, -0.1) is 22.7 Å². The maximum absolute atomic E-state index is 12.7. The lowest BCUT2D eigenvalue weighted by Crippen LogP contribution is -2.07. The summed E-state index contributed by atoms with van der Waals surface area (Å²) in [6.07, 6.45) is 2.39. The van der Waals surface area contributed by atoms with E-state index in [1.807, 2.05) is 49.6 Å². The van der Waals surface area contributed by atoms with Crippen LogP contribution in [0.1, 0.15) is 38.2 Å². The van der Waals surface area contributed by atoms with Gasteiger partial charge in [0, 0.05) is 16.0 Å².